The van der Waals surface area contributed by atoms with Crippen LogP contribution < -0.4 is 0 Å². The van der Waals surface area contributed by atoms with Crippen LogP contribution in [0.3, 0.4) is 0 Å². The zero-order valence-corrected chi connectivity index (χ0v) is 8.96. The summed E-state index contributed by atoms with van der Waals surface area (Å²) in [6.45, 7) is 9.67. The highest BCUT2D eigenvalue weighted by molar-refractivity contribution is 5.11. The lowest BCUT2D eigenvalue weighted by Gasteiger charge is -2.34. The molecule has 0 spiro atoms. The van der Waals surface area contributed by atoms with Gasteiger partial charge in [0, 0.05) is 23.9 Å². The van der Waals surface area contributed by atoms with Crippen LogP contribution in [-0.2, 0) is 0 Å². The van der Waals surface area contributed by atoms with Gasteiger partial charge in [-0.05, 0) is 27.0 Å². The van der Waals surface area contributed by atoms with E-state index in [1.165, 1.54) is 0 Å². The molecule has 0 saturated carbocycles. The molecular weight excluding hydrogens is 160 g/mol. The van der Waals surface area contributed by atoms with Crippen molar-refractivity contribution in [3.05, 3.63) is 12.3 Å². The fourth-order valence-corrected chi connectivity index (χ4v) is 1.52. The van der Waals surface area contributed by atoms with E-state index in [-0.39, 0.29) is 11.0 Å². The quantitative estimate of drug-likeness (QED) is 0.617. The summed E-state index contributed by atoms with van der Waals surface area (Å²) < 4.78 is 0. The Labute approximate surface area is 80.8 Å². The van der Waals surface area contributed by atoms with Crippen molar-refractivity contribution in [3.8, 4) is 6.07 Å². The normalized spacial score (nSPS) is 27.8. The van der Waals surface area contributed by atoms with Gasteiger partial charge in [0.15, 0.2) is 0 Å². The Hall–Kier alpha value is -0.970. The molecular formula is C11H18N2. The molecule has 0 aromatic carbocycles. The van der Waals surface area contributed by atoms with Gasteiger partial charge in [-0.1, -0.05) is 13.0 Å². The van der Waals surface area contributed by atoms with E-state index in [9.17, 15) is 0 Å². The van der Waals surface area contributed by atoms with Crippen LogP contribution in [0.15, 0.2) is 12.3 Å². The third-order valence-corrected chi connectivity index (χ3v) is 2.53. The fourth-order valence-electron chi connectivity index (χ4n) is 1.52. The second-order valence-electron chi connectivity index (χ2n) is 5.10. The van der Waals surface area contributed by atoms with E-state index in [0.29, 0.717) is 6.42 Å². The van der Waals surface area contributed by atoms with Crippen LogP contribution in [0.5, 0.6) is 0 Å². The first-order valence-corrected chi connectivity index (χ1v) is 4.70. The van der Waals surface area contributed by atoms with Gasteiger partial charge in [0.1, 0.15) is 0 Å². The Kier molecular flexibility index (Phi) is 2.38. The summed E-state index contributed by atoms with van der Waals surface area (Å²) in [6, 6.07) is 2.24. The molecule has 1 atom stereocenters. The number of nitrogens with zero attached hydrogens (tertiary/aromatic N) is 2. The van der Waals surface area contributed by atoms with Gasteiger partial charge in [0.25, 0.3) is 0 Å². The van der Waals surface area contributed by atoms with Crippen molar-refractivity contribution in [2.24, 2.45) is 5.41 Å². The zero-order chi connectivity index (χ0) is 10.1. The third kappa shape index (κ3) is 2.24. The largest absolute Gasteiger partial charge is 0.372 e. The highest BCUT2D eigenvalue weighted by Crippen LogP contribution is 2.33. The van der Waals surface area contributed by atoms with E-state index >= 15 is 0 Å². The van der Waals surface area contributed by atoms with Gasteiger partial charge in [0.05, 0.1) is 6.07 Å². The molecule has 2 nitrogen and oxygen atoms in total. The minimum absolute atomic E-state index is 0.0576. The molecule has 1 aliphatic heterocycles. The van der Waals surface area contributed by atoms with Gasteiger partial charge in [-0.15, -0.1) is 0 Å². The lowest BCUT2D eigenvalue weighted by molar-refractivity contribution is 0.180. The van der Waals surface area contributed by atoms with Crippen molar-refractivity contribution >= 4 is 0 Å². The Balaban J connectivity index is 2.67. The van der Waals surface area contributed by atoms with Gasteiger partial charge < -0.3 is 4.90 Å². The van der Waals surface area contributed by atoms with E-state index < -0.39 is 0 Å². The second-order valence-corrected chi connectivity index (χ2v) is 5.10. The molecule has 0 aliphatic carbocycles. The van der Waals surface area contributed by atoms with Gasteiger partial charge in [-0.2, -0.15) is 5.26 Å². The van der Waals surface area contributed by atoms with Crippen molar-refractivity contribution in [3.63, 3.8) is 0 Å². The monoisotopic (exact) mass is 178 g/mol. The van der Waals surface area contributed by atoms with E-state index in [0.717, 1.165) is 6.54 Å². The minimum atomic E-state index is 0.0576. The molecule has 1 unspecified atom stereocenters. The van der Waals surface area contributed by atoms with Gasteiger partial charge in [0.2, 0.25) is 0 Å². The Morgan fingerprint density at radius 3 is 2.54 bits per heavy atom. The predicted molar refractivity (Wildman–Crippen MR) is 53.9 cm³/mol. The lowest BCUT2D eigenvalue weighted by atomic mass is 9.88. The Bertz CT molecular complexity index is 254. The van der Waals surface area contributed by atoms with Gasteiger partial charge in [-0.25, -0.2) is 0 Å². The molecule has 1 rings (SSSR count). The maximum Gasteiger partial charge on any atom is 0.0631 e. The molecule has 0 amide bonds. The first-order valence-electron chi connectivity index (χ1n) is 4.70. The summed E-state index contributed by atoms with van der Waals surface area (Å²) in [5.41, 5.74) is 0.228. The zero-order valence-electron chi connectivity index (χ0n) is 8.96. The average molecular weight is 178 g/mol. The third-order valence-electron chi connectivity index (χ3n) is 2.53. The molecule has 2 heteroatoms. The molecule has 0 fully saturated rings. The highest BCUT2D eigenvalue weighted by Gasteiger charge is 2.32. The van der Waals surface area contributed by atoms with Crippen LogP contribution in [0.25, 0.3) is 0 Å². The molecule has 0 aromatic heterocycles. The maximum absolute atomic E-state index is 8.68. The van der Waals surface area contributed by atoms with Crippen molar-refractivity contribution < 1.29 is 0 Å². The molecule has 0 aromatic rings. The van der Waals surface area contributed by atoms with Crippen LogP contribution in [0, 0.1) is 16.7 Å². The topological polar surface area (TPSA) is 27.0 Å². The molecule has 0 N–H and O–H groups in total. The van der Waals surface area contributed by atoms with E-state index in [4.69, 9.17) is 5.26 Å². The Morgan fingerprint density at radius 1 is 1.54 bits per heavy atom. The lowest BCUT2D eigenvalue weighted by Crippen LogP contribution is -2.39. The first kappa shape index (κ1) is 10.1. The molecule has 0 radical (unpaired) electrons. The average Bonchev–Trinajstić information content (AvgIpc) is 2.31. The van der Waals surface area contributed by atoms with Crippen molar-refractivity contribution in [1.82, 2.24) is 4.90 Å². The van der Waals surface area contributed by atoms with E-state index in [2.05, 4.69) is 50.9 Å². The van der Waals surface area contributed by atoms with Gasteiger partial charge >= 0.3 is 0 Å². The van der Waals surface area contributed by atoms with Crippen LogP contribution in [0.2, 0.25) is 0 Å². The van der Waals surface area contributed by atoms with Gasteiger partial charge in [-0.3, -0.25) is 0 Å². The van der Waals surface area contributed by atoms with Crippen molar-refractivity contribution in [2.45, 2.75) is 39.7 Å². The summed E-state index contributed by atoms with van der Waals surface area (Å²) in [6.07, 6.45) is 4.88. The summed E-state index contributed by atoms with van der Waals surface area (Å²) in [4.78, 5) is 2.30. The number of rotatable bonds is 1. The summed E-state index contributed by atoms with van der Waals surface area (Å²) in [7, 11) is 0. The first-order chi connectivity index (χ1) is 5.87. The molecule has 0 saturated heterocycles. The SMILES string of the molecule is CC1(CC#N)C=CN(C(C)(C)C)C1. The van der Waals surface area contributed by atoms with Crippen LogP contribution >= 0.6 is 0 Å². The minimum Gasteiger partial charge on any atom is -0.372 e. The predicted octanol–water partition coefficient (Wildman–Crippen LogP) is 2.53. The van der Waals surface area contributed by atoms with E-state index in [1.807, 2.05) is 0 Å². The van der Waals surface area contributed by atoms with E-state index in [1.54, 1.807) is 0 Å². The number of hydrogen-bond acceptors (Lipinski definition) is 2. The molecule has 72 valence electrons. The smallest absolute Gasteiger partial charge is 0.0631 e. The summed E-state index contributed by atoms with van der Waals surface area (Å²) in [5, 5.41) is 8.68. The molecule has 13 heavy (non-hydrogen) atoms. The maximum atomic E-state index is 8.68. The molecule has 1 aliphatic rings. The number of hydrogen-bond donors (Lipinski definition) is 0. The number of nitriles is 1. The van der Waals surface area contributed by atoms with Crippen molar-refractivity contribution in [2.75, 3.05) is 6.54 Å². The van der Waals surface area contributed by atoms with Crippen LogP contribution in [0.4, 0.5) is 0 Å². The van der Waals surface area contributed by atoms with Crippen LogP contribution in [0.1, 0.15) is 34.1 Å². The molecule has 0 bridgehead atoms. The second kappa shape index (κ2) is 3.06. The summed E-state index contributed by atoms with van der Waals surface area (Å²) in [5.74, 6) is 0. The summed E-state index contributed by atoms with van der Waals surface area (Å²) >= 11 is 0. The fraction of sp³-hybridized carbons (Fsp3) is 0.727. The van der Waals surface area contributed by atoms with Crippen molar-refractivity contribution in [1.29, 1.82) is 5.26 Å². The molecule has 1 heterocycles. The standard InChI is InChI=1S/C11H18N2/c1-10(2,3)13-8-6-11(4,9-13)5-7-12/h6,8H,5,9H2,1-4H3. The van der Waals surface area contributed by atoms with Crippen LogP contribution in [-0.4, -0.2) is 17.0 Å². The highest BCUT2D eigenvalue weighted by atomic mass is 15.2. The Morgan fingerprint density at radius 2 is 2.15 bits per heavy atom.